The van der Waals surface area contributed by atoms with Gasteiger partial charge in [0.25, 0.3) is 5.91 Å². The number of carbonyl (C=O) groups excluding carboxylic acids is 1. The van der Waals surface area contributed by atoms with E-state index in [1.807, 2.05) is 63.2 Å². The van der Waals surface area contributed by atoms with Gasteiger partial charge >= 0.3 is 5.97 Å². The van der Waals surface area contributed by atoms with Crippen LogP contribution in [0.25, 0.3) is 11.1 Å². The Balaban J connectivity index is 2.18. The lowest BCUT2D eigenvalue weighted by molar-refractivity contribution is 0.0694. The number of hydrogen-bond acceptors (Lipinski definition) is 2. The molecule has 142 valence electrons. The minimum Gasteiger partial charge on any atom is -0.478 e. The molecule has 3 aromatic rings. The Morgan fingerprint density at radius 2 is 1.39 bits per heavy atom. The van der Waals surface area contributed by atoms with Crippen molar-refractivity contribution < 1.29 is 14.7 Å². The molecule has 0 saturated heterocycles. The molecule has 28 heavy (non-hydrogen) atoms. The van der Waals surface area contributed by atoms with Crippen molar-refractivity contribution in [1.29, 1.82) is 0 Å². The number of carbonyl (C=O) groups is 2. The summed E-state index contributed by atoms with van der Waals surface area (Å²) in [6, 6.07) is 22.0. The van der Waals surface area contributed by atoms with Gasteiger partial charge in [0.1, 0.15) is 0 Å². The van der Waals surface area contributed by atoms with Crippen LogP contribution in [-0.2, 0) is 5.41 Å². The first-order valence-electron chi connectivity index (χ1n) is 9.11. The van der Waals surface area contributed by atoms with Gasteiger partial charge in [-0.15, -0.1) is 0 Å². The van der Waals surface area contributed by atoms with Crippen molar-refractivity contribution in [2.75, 3.05) is 5.32 Å². The monoisotopic (exact) mass is 373 g/mol. The second-order valence-corrected chi connectivity index (χ2v) is 7.69. The summed E-state index contributed by atoms with van der Waals surface area (Å²) in [5.74, 6) is -1.29. The van der Waals surface area contributed by atoms with Gasteiger partial charge in [-0.1, -0.05) is 69.3 Å². The molecular weight excluding hydrogens is 350 g/mol. The smallest absolute Gasteiger partial charge is 0.336 e. The van der Waals surface area contributed by atoms with Gasteiger partial charge in [-0.05, 0) is 46.4 Å². The predicted molar refractivity (Wildman–Crippen MR) is 112 cm³/mol. The third-order valence-electron chi connectivity index (χ3n) is 4.51. The fourth-order valence-electron chi connectivity index (χ4n) is 3.30. The second kappa shape index (κ2) is 7.69. The molecule has 4 heteroatoms. The molecule has 2 N–H and O–H groups in total. The van der Waals surface area contributed by atoms with Crippen LogP contribution in [0.15, 0.2) is 72.8 Å². The SMILES string of the molecule is CC(C)(C)c1c(NC(=O)c2ccccc2)cc(-c2ccccc2)cc1C(=O)O. The third kappa shape index (κ3) is 4.12. The van der Waals surface area contributed by atoms with Crippen molar-refractivity contribution in [3.05, 3.63) is 89.5 Å². The van der Waals surface area contributed by atoms with Crippen LogP contribution in [-0.4, -0.2) is 17.0 Å². The highest BCUT2D eigenvalue weighted by atomic mass is 16.4. The Labute approximate surface area is 164 Å². The minimum atomic E-state index is -1.02. The first kappa shape index (κ1) is 19.4. The van der Waals surface area contributed by atoms with Crippen LogP contribution in [0.3, 0.4) is 0 Å². The summed E-state index contributed by atoms with van der Waals surface area (Å²) in [7, 11) is 0. The highest BCUT2D eigenvalue weighted by Crippen LogP contribution is 2.37. The number of carboxylic acid groups (broad SMARTS) is 1. The third-order valence-corrected chi connectivity index (χ3v) is 4.51. The predicted octanol–water partition coefficient (Wildman–Crippen LogP) is 5.60. The highest BCUT2D eigenvalue weighted by molar-refractivity contribution is 6.06. The van der Waals surface area contributed by atoms with Crippen LogP contribution >= 0.6 is 0 Å². The number of hydrogen-bond donors (Lipinski definition) is 2. The zero-order valence-electron chi connectivity index (χ0n) is 16.2. The zero-order valence-corrected chi connectivity index (χ0v) is 16.2. The summed E-state index contributed by atoms with van der Waals surface area (Å²) in [6.45, 7) is 5.82. The molecule has 0 saturated carbocycles. The summed E-state index contributed by atoms with van der Waals surface area (Å²) in [4.78, 5) is 24.8. The lowest BCUT2D eigenvalue weighted by atomic mass is 9.81. The molecule has 4 nitrogen and oxygen atoms in total. The van der Waals surface area contributed by atoms with E-state index in [0.717, 1.165) is 11.1 Å². The van der Waals surface area contributed by atoms with E-state index in [1.54, 1.807) is 30.3 Å². The molecule has 0 aliphatic heterocycles. The zero-order chi connectivity index (χ0) is 20.3. The Hall–Kier alpha value is -3.40. The quantitative estimate of drug-likeness (QED) is 0.625. The normalized spacial score (nSPS) is 11.1. The number of benzene rings is 3. The second-order valence-electron chi connectivity index (χ2n) is 7.69. The van der Waals surface area contributed by atoms with Crippen LogP contribution in [0, 0.1) is 0 Å². The molecule has 0 heterocycles. The van der Waals surface area contributed by atoms with E-state index in [0.29, 0.717) is 16.8 Å². The Morgan fingerprint density at radius 3 is 1.93 bits per heavy atom. The molecule has 0 spiro atoms. The van der Waals surface area contributed by atoms with Crippen molar-refractivity contribution in [2.24, 2.45) is 0 Å². The number of anilines is 1. The standard InChI is InChI=1S/C24H23NO3/c1-24(2,3)21-19(23(27)28)14-18(16-10-6-4-7-11-16)15-20(21)25-22(26)17-12-8-5-9-13-17/h4-15H,1-3H3,(H,25,26)(H,27,28). The average Bonchev–Trinajstić information content (AvgIpc) is 2.67. The fourth-order valence-corrected chi connectivity index (χ4v) is 3.30. The Bertz CT molecular complexity index is 1000. The van der Waals surface area contributed by atoms with Crippen LogP contribution < -0.4 is 5.32 Å². The lowest BCUT2D eigenvalue weighted by Gasteiger charge is -2.26. The van der Waals surface area contributed by atoms with Crippen molar-refractivity contribution in [3.63, 3.8) is 0 Å². The number of aromatic carboxylic acids is 1. The molecule has 0 bridgehead atoms. The van der Waals surface area contributed by atoms with Gasteiger partial charge in [-0.2, -0.15) is 0 Å². The number of nitrogens with one attached hydrogen (secondary N) is 1. The number of carboxylic acids is 1. The summed E-state index contributed by atoms with van der Waals surface area (Å²) in [6.07, 6.45) is 0. The van der Waals surface area contributed by atoms with Gasteiger partial charge in [0.15, 0.2) is 0 Å². The van der Waals surface area contributed by atoms with E-state index >= 15 is 0 Å². The number of amides is 1. The van der Waals surface area contributed by atoms with Crippen molar-refractivity contribution in [1.82, 2.24) is 0 Å². The van der Waals surface area contributed by atoms with E-state index in [-0.39, 0.29) is 11.5 Å². The number of rotatable bonds is 4. The molecule has 1 amide bonds. The van der Waals surface area contributed by atoms with E-state index in [1.165, 1.54) is 0 Å². The maximum atomic E-state index is 12.8. The van der Waals surface area contributed by atoms with Crippen LogP contribution in [0.2, 0.25) is 0 Å². The molecule has 0 fully saturated rings. The van der Waals surface area contributed by atoms with E-state index < -0.39 is 11.4 Å². The lowest BCUT2D eigenvalue weighted by Crippen LogP contribution is -2.22. The van der Waals surface area contributed by atoms with Gasteiger partial charge in [-0.3, -0.25) is 4.79 Å². The maximum absolute atomic E-state index is 12.8. The molecule has 3 rings (SSSR count). The molecule has 0 aromatic heterocycles. The first-order valence-corrected chi connectivity index (χ1v) is 9.11. The molecule has 0 aliphatic rings. The average molecular weight is 373 g/mol. The fraction of sp³-hybridized carbons (Fsp3) is 0.167. The van der Waals surface area contributed by atoms with Crippen LogP contribution in [0.5, 0.6) is 0 Å². The molecule has 0 unspecified atom stereocenters. The molecule has 0 radical (unpaired) electrons. The van der Waals surface area contributed by atoms with Gasteiger partial charge < -0.3 is 10.4 Å². The topological polar surface area (TPSA) is 66.4 Å². The van der Waals surface area contributed by atoms with Crippen LogP contribution in [0.1, 0.15) is 47.1 Å². The van der Waals surface area contributed by atoms with Gasteiger partial charge in [0.2, 0.25) is 0 Å². The molecular formula is C24H23NO3. The summed E-state index contributed by atoms with van der Waals surface area (Å²) in [5.41, 5.74) is 2.99. The summed E-state index contributed by atoms with van der Waals surface area (Å²) in [5, 5.41) is 12.8. The van der Waals surface area contributed by atoms with Crippen molar-refractivity contribution in [3.8, 4) is 11.1 Å². The van der Waals surface area contributed by atoms with Gasteiger partial charge in [0.05, 0.1) is 5.56 Å². The van der Waals surface area contributed by atoms with E-state index in [9.17, 15) is 14.7 Å². The molecule has 3 aromatic carbocycles. The minimum absolute atomic E-state index is 0.192. The van der Waals surface area contributed by atoms with Crippen molar-refractivity contribution >= 4 is 17.6 Å². The summed E-state index contributed by atoms with van der Waals surface area (Å²) >= 11 is 0. The Kier molecular flexibility index (Phi) is 5.32. The van der Waals surface area contributed by atoms with E-state index in [4.69, 9.17) is 0 Å². The summed E-state index contributed by atoms with van der Waals surface area (Å²) < 4.78 is 0. The molecule has 0 aliphatic carbocycles. The van der Waals surface area contributed by atoms with E-state index in [2.05, 4.69) is 5.32 Å². The Morgan fingerprint density at radius 1 is 0.821 bits per heavy atom. The molecule has 0 atom stereocenters. The van der Waals surface area contributed by atoms with Crippen molar-refractivity contribution in [2.45, 2.75) is 26.2 Å². The largest absolute Gasteiger partial charge is 0.478 e. The van der Waals surface area contributed by atoms with Gasteiger partial charge in [-0.25, -0.2) is 4.79 Å². The maximum Gasteiger partial charge on any atom is 0.336 e. The van der Waals surface area contributed by atoms with Gasteiger partial charge in [0, 0.05) is 11.3 Å². The first-order chi connectivity index (χ1) is 13.3. The highest BCUT2D eigenvalue weighted by Gasteiger charge is 2.27. The van der Waals surface area contributed by atoms with Crippen LogP contribution in [0.4, 0.5) is 5.69 Å².